The van der Waals surface area contributed by atoms with Gasteiger partial charge in [-0.3, -0.25) is 9.78 Å². The number of aromatic nitrogens is 1. The maximum absolute atomic E-state index is 13.2. The van der Waals surface area contributed by atoms with Crippen LogP contribution in [0.1, 0.15) is 36.0 Å². The molecule has 0 unspecified atom stereocenters. The summed E-state index contributed by atoms with van der Waals surface area (Å²) < 4.78 is 0. The Morgan fingerprint density at radius 3 is 2.56 bits per heavy atom. The molecular formula is C22H29N3O2. The van der Waals surface area contributed by atoms with Crippen LogP contribution in [0.15, 0.2) is 36.5 Å². The molecular weight excluding hydrogens is 338 g/mol. The molecule has 0 aliphatic carbocycles. The molecule has 0 spiro atoms. The molecule has 4 rings (SSSR count). The van der Waals surface area contributed by atoms with Crippen LogP contribution < -0.4 is 0 Å². The number of para-hydroxylation sites is 1. The van der Waals surface area contributed by atoms with Crippen molar-refractivity contribution in [3.8, 4) is 0 Å². The molecule has 2 aliphatic rings. The smallest absolute Gasteiger partial charge is 0.254 e. The van der Waals surface area contributed by atoms with Crippen molar-refractivity contribution in [2.45, 2.75) is 25.7 Å². The van der Waals surface area contributed by atoms with E-state index in [0.29, 0.717) is 18.0 Å². The van der Waals surface area contributed by atoms with Gasteiger partial charge in [0.1, 0.15) is 0 Å². The molecule has 2 aliphatic heterocycles. The second kappa shape index (κ2) is 8.36. The van der Waals surface area contributed by atoms with Crippen LogP contribution in [0.3, 0.4) is 0 Å². The molecule has 2 fully saturated rings. The van der Waals surface area contributed by atoms with Crippen LogP contribution in [0.4, 0.5) is 0 Å². The normalized spacial score (nSPS) is 24.3. The van der Waals surface area contributed by atoms with Gasteiger partial charge in [0.15, 0.2) is 0 Å². The van der Waals surface area contributed by atoms with Crippen molar-refractivity contribution < 1.29 is 9.90 Å². The quantitative estimate of drug-likeness (QED) is 0.903. The molecule has 144 valence electrons. The summed E-state index contributed by atoms with van der Waals surface area (Å²) in [5.74, 6) is 0.584. The fourth-order valence-corrected chi connectivity index (χ4v) is 4.62. The topological polar surface area (TPSA) is 56.7 Å². The lowest BCUT2D eigenvalue weighted by Crippen LogP contribution is -2.35. The van der Waals surface area contributed by atoms with Gasteiger partial charge in [0.05, 0.1) is 11.1 Å². The Morgan fingerprint density at radius 2 is 1.78 bits per heavy atom. The molecule has 2 aromatic rings. The molecule has 5 nitrogen and oxygen atoms in total. The minimum absolute atomic E-state index is 0.0606. The van der Waals surface area contributed by atoms with Crippen molar-refractivity contribution in [2.75, 3.05) is 39.3 Å². The SMILES string of the molecule is O=C(c1ccnc2ccccc12)N1C[C@@H](CO)[C@@H](CN2CCCCCC2)C1. The van der Waals surface area contributed by atoms with Gasteiger partial charge in [-0.1, -0.05) is 31.0 Å². The van der Waals surface area contributed by atoms with Crippen LogP contribution in [0.5, 0.6) is 0 Å². The van der Waals surface area contributed by atoms with Gasteiger partial charge >= 0.3 is 0 Å². The van der Waals surface area contributed by atoms with E-state index >= 15 is 0 Å². The Bertz CT molecular complexity index is 781. The standard InChI is InChI=1S/C22H29N3O2/c26-16-18-15-25(14-17(18)13-24-11-5-1-2-6-12-24)22(27)20-9-10-23-21-8-4-3-7-19(20)21/h3-4,7-10,17-18,26H,1-2,5-6,11-16H2/t17-,18-/m0/s1. The van der Waals surface area contributed by atoms with Crippen molar-refractivity contribution in [2.24, 2.45) is 11.8 Å². The summed E-state index contributed by atoms with van der Waals surface area (Å²) in [5.41, 5.74) is 1.56. The Balaban J connectivity index is 1.49. The van der Waals surface area contributed by atoms with Gasteiger partial charge in [0.25, 0.3) is 5.91 Å². The zero-order valence-electron chi connectivity index (χ0n) is 15.9. The lowest BCUT2D eigenvalue weighted by atomic mass is 9.96. The van der Waals surface area contributed by atoms with Gasteiger partial charge in [0.2, 0.25) is 0 Å². The number of hydrogen-bond acceptors (Lipinski definition) is 4. The van der Waals surface area contributed by atoms with E-state index in [0.717, 1.165) is 37.1 Å². The first-order chi connectivity index (χ1) is 13.3. The Kier molecular flexibility index (Phi) is 5.69. The lowest BCUT2D eigenvalue weighted by Gasteiger charge is -2.26. The van der Waals surface area contributed by atoms with Crippen molar-refractivity contribution >= 4 is 16.8 Å². The van der Waals surface area contributed by atoms with E-state index in [4.69, 9.17) is 0 Å². The van der Waals surface area contributed by atoms with Gasteiger partial charge in [-0.15, -0.1) is 0 Å². The van der Waals surface area contributed by atoms with Gasteiger partial charge < -0.3 is 14.9 Å². The highest BCUT2D eigenvalue weighted by atomic mass is 16.3. The fraction of sp³-hybridized carbons (Fsp3) is 0.545. The van der Waals surface area contributed by atoms with Crippen LogP contribution in [-0.4, -0.2) is 65.1 Å². The van der Waals surface area contributed by atoms with E-state index in [1.54, 1.807) is 6.20 Å². The number of pyridine rings is 1. The average molecular weight is 367 g/mol. The number of hydrogen-bond donors (Lipinski definition) is 1. The van der Waals surface area contributed by atoms with Crippen LogP contribution in [0.25, 0.3) is 10.9 Å². The van der Waals surface area contributed by atoms with Gasteiger partial charge in [0, 0.05) is 43.7 Å². The summed E-state index contributed by atoms with van der Waals surface area (Å²) in [7, 11) is 0. The Morgan fingerprint density at radius 1 is 1.04 bits per heavy atom. The fourth-order valence-electron chi connectivity index (χ4n) is 4.62. The highest BCUT2D eigenvalue weighted by Gasteiger charge is 2.36. The number of carbonyl (C=O) groups excluding carboxylic acids is 1. The highest BCUT2D eigenvalue weighted by molar-refractivity contribution is 6.06. The van der Waals surface area contributed by atoms with Crippen LogP contribution in [0.2, 0.25) is 0 Å². The van der Waals surface area contributed by atoms with E-state index in [2.05, 4.69) is 9.88 Å². The third kappa shape index (κ3) is 3.99. The molecule has 1 N–H and O–H groups in total. The number of rotatable bonds is 4. The average Bonchev–Trinajstić information content (AvgIpc) is 2.93. The molecule has 2 saturated heterocycles. The third-order valence-electron chi connectivity index (χ3n) is 6.17. The van der Waals surface area contributed by atoms with Crippen LogP contribution >= 0.6 is 0 Å². The number of carbonyl (C=O) groups is 1. The zero-order valence-corrected chi connectivity index (χ0v) is 15.9. The van der Waals surface area contributed by atoms with E-state index in [9.17, 15) is 9.90 Å². The molecule has 1 aromatic heterocycles. The van der Waals surface area contributed by atoms with Gasteiger partial charge in [-0.05, 0) is 44.0 Å². The number of amides is 1. The number of fused-ring (bicyclic) bond motifs is 1. The first-order valence-corrected chi connectivity index (χ1v) is 10.2. The van der Waals surface area contributed by atoms with E-state index < -0.39 is 0 Å². The van der Waals surface area contributed by atoms with Crippen LogP contribution in [-0.2, 0) is 0 Å². The molecule has 0 radical (unpaired) electrons. The Labute approximate surface area is 161 Å². The van der Waals surface area contributed by atoms with Gasteiger partial charge in [-0.25, -0.2) is 0 Å². The lowest BCUT2D eigenvalue weighted by molar-refractivity contribution is 0.0781. The first-order valence-electron chi connectivity index (χ1n) is 10.2. The third-order valence-corrected chi connectivity index (χ3v) is 6.17. The maximum atomic E-state index is 13.2. The van der Waals surface area contributed by atoms with Crippen molar-refractivity contribution in [1.29, 1.82) is 0 Å². The number of aliphatic hydroxyl groups is 1. The Hall–Kier alpha value is -1.98. The number of nitrogens with zero attached hydrogens (tertiary/aromatic N) is 3. The predicted octanol–water partition coefficient (Wildman–Crippen LogP) is 2.79. The molecule has 3 heterocycles. The summed E-state index contributed by atoms with van der Waals surface area (Å²) in [4.78, 5) is 22.1. The summed E-state index contributed by atoms with van der Waals surface area (Å²) in [6.45, 7) is 4.82. The summed E-state index contributed by atoms with van der Waals surface area (Å²) in [5, 5.41) is 10.8. The minimum atomic E-state index is 0.0606. The molecule has 1 amide bonds. The van der Waals surface area contributed by atoms with E-state index in [1.807, 2.05) is 35.2 Å². The summed E-state index contributed by atoms with van der Waals surface area (Å²) in [6, 6.07) is 9.61. The van der Waals surface area contributed by atoms with Crippen molar-refractivity contribution in [3.05, 3.63) is 42.1 Å². The minimum Gasteiger partial charge on any atom is -0.396 e. The highest BCUT2D eigenvalue weighted by Crippen LogP contribution is 2.28. The van der Waals surface area contributed by atoms with E-state index in [-0.39, 0.29) is 18.4 Å². The molecule has 27 heavy (non-hydrogen) atoms. The number of likely N-dealkylation sites (tertiary alicyclic amines) is 2. The molecule has 2 atom stereocenters. The number of benzene rings is 1. The zero-order chi connectivity index (χ0) is 18.6. The second-order valence-corrected chi connectivity index (χ2v) is 8.00. The van der Waals surface area contributed by atoms with Crippen LogP contribution in [0, 0.1) is 11.8 Å². The van der Waals surface area contributed by atoms with E-state index in [1.165, 1.54) is 25.7 Å². The largest absolute Gasteiger partial charge is 0.396 e. The van der Waals surface area contributed by atoms with Crippen molar-refractivity contribution in [3.63, 3.8) is 0 Å². The van der Waals surface area contributed by atoms with Gasteiger partial charge in [-0.2, -0.15) is 0 Å². The summed E-state index contributed by atoms with van der Waals surface area (Å²) in [6.07, 6.45) is 6.89. The maximum Gasteiger partial charge on any atom is 0.254 e. The number of aliphatic hydroxyl groups excluding tert-OH is 1. The van der Waals surface area contributed by atoms with Crippen molar-refractivity contribution in [1.82, 2.24) is 14.8 Å². The molecule has 5 heteroatoms. The summed E-state index contributed by atoms with van der Waals surface area (Å²) >= 11 is 0. The second-order valence-electron chi connectivity index (χ2n) is 8.00. The molecule has 0 bridgehead atoms. The predicted molar refractivity (Wildman–Crippen MR) is 107 cm³/mol. The molecule has 1 aromatic carbocycles. The first kappa shape index (κ1) is 18.4. The monoisotopic (exact) mass is 367 g/mol. The molecule has 0 saturated carbocycles.